The van der Waals surface area contributed by atoms with E-state index < -0.39 is 31.5 Å². The van der Waals surface area contributed by atoms with Crippen LogP contribution in [0, 0.1) is 0 Å². The second kappa shape index (κ2) is 5.39. The Morgan fingerprint density at radius 1 is 1.25 bits per heavy atom. The standard InChI is InChI=1S/C6H13FO5/c1-3(8)4(2-7)12-6(11)5(9)10/h3-6,8-11H,2H2,1H3/t3-,4?,6?/m1/s1. The summed E-state index contributed by atoms with van der Waals surface area (Å²) >= 11 is 0. The fourth-order valence-electron chi connectivity index (χ4n) is 0.528. The second-order valence-corrected chi connectivity index (χ2v) is 2.37. The molecule has 0 fully saturated rings. The molecule has 6 heteroatoms. The highest BCUT2D eigenvalue weighted by Crippen LogP contribution is 2.04. The van der Waals surface area contributed by atoms with Crippen molar-refractivity contribution in [3.8, 4) is 0 Å². The highest BCUT2D eigenvalue weighted by atomic mass is 19.1. The van der Waals surface area contributed by atoms with Gasteiger partial charge in [0.25, 0.3) is 0 Å². The van der Waals surface area contributed by atoms with Crippen LogP contribution in [-0.2, 0) is 4.74 Å². The van der Waals surface area contributed by atoms with Crippen LogP contribution < -0.4 is 0 Å². The maximum atomic E-state index is 12.0. The van der Waals surface area contributed by atoms with E-state index in [1.807, 2.05) is 0 Å². The molecule has 12 heavy (non-hydrogen) atoms. The normalized spacial score (nSPS) is 19.2. The predicted octanol–water partition coefficient (Wildman–Crippen LogP) is -1.65. The zero-order chi connectivity index (χ0) is 9.72. The quantitative estimate of drug-likeness (QED) is 0.384. The monoisotopic (exact) mass is 184 g/mol. The molecule has 4 N–H and O–H groups in total. The number of rotatable bonds is 5. The van der Waals surface area contributed by atoms with E-state index in [9.17, 15) is 4.39 Å². The zero-order valence-corrected chi connectivity index (χ0v) is 6.59. The predicted molar refractivity (Wildman–Crippen MR) is 36.8 cm³/mol. The number of alkyl halides is 1. The molecule has 2 unspecified atom stereocenters. The lowest BCUT2D eigenvalue weighted by Gasteiger charge is -2.21. The van der Waals surface area contributed by atoms with Crippen LogP contribution in [0.3, 0.4) is 0 Å². The summed E-state index contributed by atoms with van der Waals surface area (Å²) in [6, 6.07) is 0. The second-order valence-electron chi connectivity index (χ2n) is 2.37. The first-order valence-corrected chi connectivity index (χ1v) is 3.42. The number of halogens is 1. The minimum Gasteiger partial charge on any atom is -0.391 e. The van der Waals surface area contributed by atoms with E-state index in [2.05, 4.69) is 4.74 Å². The molecular weight excluding hydrogens is 171 g/mol. The third-order valence-electron chi connectivity index (χ3n) is 1.26. The van der Waals surface area contributed by atoms with Crippen molar-refractivity contribution in [1.82, 2.24) is 0 Å². The van der Waals surface area contributed by atoms with Gasteiger partial charge in [-0.2, -0.15) is 0 Å². The molecular formula is C6H13FO5. The van der Waals surface area contributed by atoms with E-state index in [0.29, 0.717) is 0 Å². The van der Waals surface area contributed by atoms with E-state index in [4.69, 9.17) is 20.4 Å². The number of aliphatic hydroxyl groups excluding tert-OH is 3. The molecule has 0 aliphatic carbocycles. The van der Waals surface area contributed by atoms with Crippen molar-refractivity contribution in [1.29, 1.82) is 0 Å². The summed E-state index contributed by atoms with van der Waals surface area (Å²) in [5.74, 6) is 0. The summed E-state index contributed by atoms with van der Waals surface area (Å²) in [6.07, 6.45) is -6.37. The fraction of sp³-hybridized carbons (Fsp3) is 1.00. The molecule has 0 aromatic rings. The summed E-state index contributed by atoms with van der Waals surface area (Å²) in [7, 11) is 0. The molecule has 3 atom stereocenters. The van der Waals surface area contributed by atoms with Crippen LogP contribution in [0.4, 0.5) is 4.39 Å². The Labute approximate surface area is 69.0 Å². The van der Waals surface area contributed by atoms with E-state index in [0.717, 1.165) is 0 Å². The Morgan fingerprint density at radius 3 is 2.00 bits per heavy atom. The Balaban J connectivity index is 3.85. The van der Waals surface area contributed by atoms with Gasteiger partial charge < -0.3 is 25.2 Å². The van der Waals surface area contributed by atoms with Gasteiger partial charge in [0.05, 0.1) is 6.10 Å². The molecule has 0 saturated heterocycles. The lowest BCUT2D eigenvalue weighted by Crippen LogP contribution is -2.38. The first kappa shape index (κ1) is 11.7. The first-order chi connectivity index (χ1) is 5.49. The van der Waals surface area contributed by atoms with Crippen LogP contribution in [0.2, 0.25) is 0 Å². The molecule has 74 valence electrons. The van der Waals surface area contributed by atoms with Gasteiger partial charge >= 0.3 is 0 Å². The number of hydrogen-bond donors (Lipinski definition) is 4. The molecule has 0 spiro atoms. The van der Waals surface area contributed by atoms with Crippen molar-refractivity contribution < 1.29 is 29.6 Å². The van der Waals surface area contributed by atoms with Crippen molar-refractivity contribution in [2.24, 2.45) is 0 Å². The molecule has 0 radical (unpaired) electrons. The SMILES string of the molecule is C[C@@H](O)C(CF)OC(O)C(O)O. The van der Waals surface area contributed by atoms with Crippen molar-refractivity contribution in [2.45, 2.75) is 31.7 Å². The Bertz CT molecular complexity index is 119. The Hall–Kier alpha value is -0.270. The summed E-state index contributed by atoms with van der Waals surface area (Å²) in [4.78, 5) is 0. The first-order valence-electron chi connectivity index (χ1n) is 3.42. The summed E-state index contributed by atoms with van der Waals surface area (Å²) in [5.41, 5.74) is 0. The van der Waals surface area contributed by atoms with Gasteiger partial charge in [-0.05, 0) is 6.92 Å². The summed E-state index contributed by atoms with van der Waals surface area (Å²) in [5, 5.41) is 34.1. The minimum atomic E-state index is -2.10. The van der Waals surface area contributed by atoms with E-state index in [1.165, 1.54) is 6.92 Å². The van der Waals surface area contributed by atoms with Crippen molar-refractivity contribution in [3.63, 3.8) is 0 Å². The van der Waals surface area contributed by atoms with Crippen LogP contribution in [0.15, 0.2) is 0 Å². The van der Waals surface area contributed by atoms with Gasteiger partial charge in [0, 0.05) is 0 Å². The highest BCUT2D eigenvalue weighted by molar-refractivity contribution is 4.63. The van der Waals surface area contributed by atoms with Gasteiger partial charge in [0.15, 0.2) is 0 Å². The van der Waals surface area contributed by atoms with Gasteiger partial charge in [0.1, 0.15) is 12.8 Å². The third-order valence-corrected chi connectivity index (χ3v) is 1.26. The van der Waals surface area contributed by atoms with Gasteiger partial charge in [0.2, 0.25) is 12.6 Å². The highest BCUT2D eigenvalue weighted by Gasteiger charge is 2.22. The smallest absolute Gasteiger partial charge is 0.206 e. The van der Waals surface area contributed by atoms with Crippen LogP contribution in [0.25, 0.3) is 0 Å². The molecule has 5 nitrogen and oxygen atoms in total. The van der Waals surface area contributed by atoms with Gasteiger partial charge in [-0.1, -0.05) is 0 Å². The van der Waals surface area contributed by atoms with Gasteiger partial charge in [-0.3, -0.25) is 0 Å². The van der Waals surface area contributed by atoms with Crippen LogP contribution >= 0.6 is 0 Å². The molecule has 0 saturated carbocycles. The maximum Gasteiger partial charge on any atom is 0.206 e. The fourth-order valence-corrected chi connectivity index (χ4v) is 0.528. The molecule has 0 rings (SSSR count). The molecule has 0 aromatic heterocycles. The van der Waals surface area contributed by atoms with Crippen LogP contribution in [0.5, 0.6) is 0 Å². The molecule has 0 amide bonds. The van der Waals surface area contributed by atoms with Crippen molar-refractivity contribution in [2.75, 3.05) is 6.67 Å². The molecule has 0 bridgehead atoms. The van der Waals surface area contributed by atoms with E-state index >= 15 is 0 Å². The lowest BCUT2D eigenvalue weighted by molar-refractivity contribution is -0.259. The van der Waals surface area contributed by atoms with Gasteiger partial charge in [-0.25, -0.2) is 4.39 Å². The maximum absolute atomic E-state index is 12.0. The average Bonchev–Trinajstić information content (AvgIpc) is 1.98. The third kappa shape index (κ3) is 3.93. The van der Waals surface area contributed by atoms with E-state index in [1.54, 1.807) is 0 Å². The molecule has 0 aromatic carbocycles. The van der Waals surface area contributed by atoms with E-state index in [-0.39, 0.29) is 0 Å². The number of hydrogen-bond acceptors (Lipinski definition) is 5. The molecule has 0 aliphatic heterocycles. The zero-order valence-electron chi connectivity index (χ0n) is 6.59. The summed E-state index contributed by atoms with van der Waals surface area (Å²) in [6.45, 7) is 0.252. The van der Waals surface area contributed by atoms with Gasteiger partial charge in [-0.15, -0.1) is 0 Å². The average molecular weight is 184 g/mol. The van der Waals surface area contributed by atoms with Crippen LogP contribution in [-0.4, -0.2) is 51.9 Å². The summed E-state index contributed by atoms with van der Waals surface area (Å²) < 4.78 is 16.3. The van der Waals surface area contributed by atoms with Crippen LogP contribution in [0.1, 0.15) is 6.92 Å². The molecule has 0 aliphatic rings. The topological polar surface area (TPSA) is 90.2 Å². The molecule has 0 heterocycles. The Kier molecular flexibility index (Phi) is 5.27. The minimum absolute atomic E-state index is 1.01. The number of aliphatic hydroxyl groups is 4. The number of ether oxygens (including phenoxy) is 1. The Morgan fingerprint density at radius 2 is 1.75 bits per heavy atom. The van der Waals surface area contributed by atoms with Crippen molar-refractivity contribution in [3.05, 3.63) is 0 Å². The largest absolute Gasteiger partial charge is 0.391 e. The van der Waals surface area contributed by atoms with Crippen molar-refractivity contribution >= 4 is 0 Å². The lowest BCUT2D eigenvalue weighted by atomic mass is 10.2.